The van der Waals surface area contributed by atoms with E-state index in [0.717, 1.165) is 29.4 Å². The molecule has 1 saturated heterocycles. The van der Waals surface area contributed by atoms with Crippen molar-refractivity contribution in [3.63, 3.8) is 0 Å². The molecule has 0 aromatic heterocycles. The van der Waals surface area contributed by atoms with Gasteiger partial charge in [0.15, 0.2) is 6.61 Å². The molecule has 3 rings (SSSR count). The molecule has 0 bridgehead atoms. The van der Waals surface area contributed by atoms with Gasteiger partial charge in [-0.05, 0) is 36.1 Å². The topological polar surface area (TPSA) is 49.9 Å². The SMILES string of the molecule is CCSc1ccccc1C(=O)OCC(=O)N1CCN(c2cccc(Cl)c2)CC1. The summed E-state index contributed by atoms with van der Waals surface area (Å²) in [7, 11) is 0. The highest BCUT2D eigenvalue weighted by Crippen LogP contribution is 2.23. The van der Waals surface area contributed by atoms with E-state index < -0.39 is 5.97 Å². The molecule has 2 aromatic rings. The second-order valence-corrected chi connectivity index (χ2v) is 8.10. The summed E-state index contributed by atoms with van der Waals surface area (Å²) in [5, 5.41) is 0.699. The first-order valence-corrected chi connectivity index (χ1v) is 10.6. The molecule has 1 aliphatic rings. The Morgan fingerprint density at radius 2 is 1.82 bits per heavy atom. The predicted molar refractivity (Wildman–Crippen MR) is 113 cm³/mol. The molecule has 1 heterocycles. The Morgan fingerprint density at radius 3 is 2.54 bits per heavy atom. The molecule has 5 nitrogen and oxygen atoms in total. The second kappa shape index (κ2) is 9.85. The molecule has 2 aromatic carbocycles. The molecule has 148 valence electrons. The van der Waals surface area contributed by atoms with Crippen molar-refractivity contribution < 1.29 is 14.3 Å². The lowest BCUT2D eigenvalue weighted by Crippen LogP contribution is -2.49. The van der Waals surface area contributed by atoms with Gasteiger partial charge in [-0.15, -0.1) is 11.8 Å². The Hall–Kier alpha value is -2.18. The number of nitrogens with zero attached hydrogens (tertiary/aromatic N) is 2. The zero-order valence-electron chi connectivity index (χ0n) is 15.8. The van der Waals surface area contributed by atoms with E-state index in [4.69, 9.17) is 16.3 Å². The first-order valence-electron chi connectivity index (χ1n) is 9.25. The average molecular weight is 419 g/mol. The lowest BCUT2D eigenvalue weighted by molar-refractivity contribution is -0.134. The van der Waals surface area contributed by atoms with Crippen molar-refractivity contribution >= 4 is 40.9 Å². The van der Waals surface area contributed by atoms with E-state index >= 15 is 0 Å². The minimum atomic E-state index is -0.456. The summed E-state index contributed by atoms with van der Waals surface area (Å²) in [6.45, 7) is 4.41. The van der Waals surface area contributed by atoms with E-state index in [1.807, 2.05) is 43.3 Å². The zero-order valence-corrected chi connectivity index (χ0v) is 17.3. The first kappa shape index (κ1) is 20.6. The minimum Gasteiger partial charge on any atom is -0.452 e. The molecule has 28 heavy (non-hydrogen) atoms. The molecule has 0 unspecified atom stereocenters. The highest BCUT2D eigenvalue weighted by molar-refractivity contribution is 7.99. The van der Waals surface area contributed by atoms with Crippen LogP contribution in [0.3, 0.4) is 0 Å². The van der Waals surface area contributed by atoms with Crippen molar-refractivity contribution in [3.05, 3.63) is 59.1 Å². The molecule has 0 aliphatic carbocycles. The Bertz CT molecular complexity index is 838. The van der Waals surface area contributed by atoms with Gasteiger partial charge in [0.05, 0.1) is 5.56 Å². The van der Waals surface area contributed by atoms with Crippen LogP contribution in [0.25, 0.3) is 0 Å². The van der Waals surface area contributed by atoms with Gasteiger partial charge in [-0.25, -0.2) is 4.79 Å². The largest absolute Gasteiger partial charge is 0.452 e. The third kappa shape index (κ3) is 5.20. The summed E-state index contributed by atoms with van der Waals surface area (Å²) in [5.74, 6) is 0.238. The normalized spacial score (nSPS) is 14.1. The number of piperazine rings is 1. The van der Waals surface area contributed by atoms with Crippen molar-refractivity contribution in [2.24, 2.45) is 0 Å². The van der Waals surface area contributed by atoms with Crippen molar-refractivity contribution in [3.8, 4) is 0 Å². The maximum Gasteiger partial charge on any atom is 0.339 e. The van der Waals surface area contributed by atoms with E-state index in [2.05, 4.69) is 4.90 Å². The summed E-state index contributed by atoms with van der Waals surface area (Å²) in [4.78, 5) is 29.6. The molecule has 0 saturated carbocycles. The Labute approximate surface area is 174 Å². The van der Waals surface area contributed by atoms with Crippen molar-refractivity contribution in [1.29, 1.82) is 0 Å². The standard InChI is InChI=1S/C21H23ClN2O3S/c1-2-28-19-9-4-3-8-18(19)21(26)27-15-20(25)24-12-10-23(11-13-24)17-7-5-6-16(22)14-17/h3-9,14H,2,10-13,15H2,1H3. The Morgan fingerprint density at radius 1 is 1.07 bits per heavy atom. The number of hydrogen-bond donors (Lipinski definition) is 0. The van der Waals surface area contributed by atoms with Gasteiger partial charge in [-0.2, -0.15) is 0 Å². The molecule has 1 fully saturated rings. The fraction of sp³-hybridized carbons (Fsp3) is 0.333. The van der Waals surface area contributed by atoms with E-state index in [1.54, 1.807) is 28.8 Å². The summed E-state index contributed by atoms with van der Waals surface area (Å²) >= 11 is 7.63. The first-order chi connectivity index (χ1) is 13.6. The van der Waals surface area contributed by atoms with Crippen LogP contribution < -0.4 is 4.90 Å². The number of anilines is 1. The predicted octanol–water partition coefficient (Wildman–Crippen LogP) is 3.96. The number of hydrogen-bond acceptors (Lipinski definition) is 5. The van der Waals surface area contributed by atoms with Crippen LogP contribution in [-0.2, 0) is 9.53 Å². The van der Waals surface area contributed by atoms with Gasteiger partial charge in [0.25, 0.3) is 5.91 Å². The van der Waals surface area contributed by atoms with E-state index in [-0.39, 0.29) is 12.5 Å². The van der Waals surface area contributed by atoms with Gasteiger partial charge < -0.3 is 14.5 Å². The monoisotopic (exact) mass is 418 g/mol. The van der Waals surface area contributed by atoms with E-state index in [0.29, 0.717) is 23.7 Å². The molecule has 0 radical (unpaired) electrons. The van der Waals surface area contributed by atoms with Crippen LogP contribution in [0.5, 0.6) is 0 Å². The molecule has 0 spiro atoms. The lowest BCUT2D eigenvalue weighted by Gasteiger charge is -2.36. The summed E-state index contributed by atoms with van der Waals surface area (Å²) in [6.07, 6.45) is 0. The number of esters is 1. The number of thioether (sulfide) groups is 1. The fourth-order valence-electron chi connectivity index (χ4n) is 3.10. The van der Waals surface area contributed by atoms with Crippen LogP contribution in [0, 0.1) is 0 Å². The van der Waals surface area contributed by atoms with E-state index in [9.17, 15) is 9.59 Å². The van der Waals surface area contributed by atoms with Crippen molar-refractivity contribution in [2.75, 3.05) is 43.4 Å². The van der Waals surface area contributed by atoms with E-state index in [1.165, 1.54) is 0 Å². The summed E-state index contributed by atoms with van der Waals surface area (Å²) in [6, 6.07) is 15.0. The maximum atomic E-state index is 12.4. The summed E-state index contributed by atoms with van der Waals surface area (Å²) < 4.78 is 5.28. The van der Waals surface area contributed by atoms with Crippen LogP contribution in [-0.4, -0.2) is 55.3 Å². The molecule has 0 N–H and O–H groups in total. The average Bonchev–Trinajstić information content (AvgIpc) is 2.72. The number of carbonyl (C=O) groups is 2. The van der Waals surface area contributed by atoms with Crippen LogP contribution >= 0.6 is 23.4 Å². The van der Waals surface area contributed by atoms with Gasteiger partial charge in [0.1, 0.15) is 0 Å². The zero-order chi connectivity index (χ0) is 19.9. The smallest absolute Gasteiger partial charge is 0.339 e. The summed E-state index contributed by atoms with van der Waals surface area (Å²) in [5.41, 5.74) is 1.56. The lowest BCUT2D eigenvalue weighted by atomic mass is 10.2. The Balaban J connectivity index is 1.50. The third-order valence-electron chi connectivity index (χ3n) is 4.54. The number of amides is 1. The number of rotatable bonds is 6. The van der Waals surface area contributed by atoms with Crippen LogP contribution in [0.1, 0.15) is 17.3 Å². The Kier molecular flexibility index (Phi) is 7.23. The molecular formula is C21H23ClN2O3S. The van der Waals surface area contributed by atoms with Crippen LogP contribution in [0.2, 0.25) is 5.02 Å². The quantitative estimate of drug-likeness (QED) is 0.525. The second-order valence-electron chi connectivity index (χ2n) is 6.35. The van der Waals surface area contributed by atoms with Gasteiger partial charge in [0.2, 0.25) is 0 Å². The third-order valence-corrected chi connectivity index (χ3v) is 5.73. The van der Waals surface area contributed by atoms with Crippen LogP contribution in [0.15, 0.2) is 53.4 Å². The molecule has 7 heteroatoms. The van der Waals surface area contributed by atoms with Crippen molar-refractivity contribution in [1.82, 2.24) is 4.90 Å². The highest BCUT2D eigenvalue weighted by atomic mass is 35.5. The maximum absolute atomic E-state index is 12.4. The molecule has 1 amide bonds. The van der Waals surface area contributed by atoms with Crippen LogP contribution in [0.4, 0.5) is 5.69 Å². The number of ether oxygens (including phenoxy) is 1. The molecule has 1 aliphatic heterocycles. The van der Waals surface area contributed by atoms with Gasteiger partial charge in [-0.1, -0.05) is 36.7 Å². The molecular weight excluding hydrogens is 396 g/mol. The number of carbonyl (C=O) groups excluding carboxylic acids is 2. The number of halogens is 1. The van der Waals surface area contributed by atoms with Crippen molar-refractivity contribution in [2.45, 2.75) is 11.8 Å². The van der Waals surface area contributed by atoms with Gasteiger partial charge >= 0.3 is 5.97 Å². The van der Waals surface area contributed by atoms with Gasteiger partial charge in [0, 0.05) is 41.8 Å². The fourth-order valence-corrected chi connectivity index (χ4v) is 4.08. The minimum absolute atomic E-state index is 0.167. The van der Waals surface area contributed by atoms with Gasteiger partial charge in [-0.3, -0.25) is 4.79 Å². The molecule has 0 atom stereocenters. The number of benzene rings is 2. The highest BCUT2D eigenvalue weighted by Gasteiger charge is 2.23.